The van der Waals surface area contributed by atoms with Crippen molar-refractivity contribution in [3.63, 3.8) is 0 Å². The van der Waals surface area contributed by atoms with Gasteiger partial charge in [-0.25, -0.2) is 9.79 Å². The summed E-state index contributed by atoms with van der Waals surface area (Å²) in [5, 5.41) is 0.819. The molecule has 0 saturated heterocycles. The first-order valence-corrected chi connectivity index (χ1v) is 9.96. The Hall–Kier alpha value is -2.28. The normalized spacial score (nSPS) is 14.6. The van der Waals surface area contributed by atoms with E-state index < -0.39 is 5.97 Å². The predicted octanol–water partition coefficient (Wildman–Crippen LogP) is 6.06. The molecular formula is C21H16BrCl2NO4. The molecule has 0 bridgehead atoms. The lowest BCUT2D eigenvalue weighted by molar-refractivity contribution is -0.129. The number of carbonyl (C=O) groups excluding carboxylic acids is 1. The fourth-order valence-corrected chi connectivity index (χ4v) is 3.57. The molecular weight excluding hydrogens is 481 g/mol. The van der Waals surface area contributed by atoms with Crippen LogP contribution in [0.4, 0.5) is 0 Å². The maximum atomic E-state index is 12.3. The van der Waals surface area contributed by atoms with Gasteiger partial charge in [-0.15, -0.1) is 0 Å². The molecule has 0 aromatic heterocycles. The number of nitrogens with zero attached hydrogens (tertiary/aromatic N) is 1. The van der Waals surface area contributed by atoms with Crippen LogP contribution in [0.2, 0.25) is 10.0 Å². The minimum absolute atomic E-state index is 0.121. The maximum absolute atomic E-state index is 12.3. The number of halogens is 3. The van der Waals surface area contributed by atoms with E-state index in [4.69, 9.17) is 37.4 Å². The van der Waals surface area contributed by atoms with Crippen molar-refractivity contribution in [3.05, 3.63) is 73.8 Å². The summed E-state index contributed by atoms with van der Waals surface area (Å²) < 4.78 is 17.1. The number of hydrogen-bond donors (Lipinski definition) is 0. The summed E-state index contributed by atoms with van der Waals surface area (Å²) in [6.45, 7) is 6.05. The third-order valence-corrected chi connectivity index (χ3v) is 4.94. The summed E-state index contributed by atoms with van der Waals surface area (Å²) in [6, 6.07) is 8.38. The summed E-state index contributed by atoms with van der Waals surface area (Å²) in [6.07, 6.45) is 1.59. The summed E-state index contributed by atoms with van der Waals surface area (Å²) in [5.41, 5.74) is 2.17. The van der Waals surface area contributed by atoms with Gasteiger partial charge in [-0.1, -0.05) is 29.8 Å². The van der Waals surface area contributed by atoms with Crippen molar-refractivity contribution in [2.45, 2.75) is 6.92 Å². The zero-order valence-electron chi connectivity index (χ0n) is 15.6. The van der Waals surface area contributed by atoms with Gasteiger partial charge in [0.05, 0.1) is 22.2 Å². The summed E-state index contributed by atoms with van der Waals surface area (Å²) in [7, 11) is 1.54. The second-order valence-corrected chi connectivity index (χ2v) is 7.94. The Balaban J connectivity index is 1.94. The smallest absolute Gasteiger partial charge is 0.363 e. The van der Waals surface area contributed by atoms with Crippen molar-refractivity contribution >= 4 is 57.1 Å². The number of rotatable bonds is 6. The van der Waals surface area contributed by atoms with Gasteiger partial charge in [0.15, 0.2) is 17.2 Å². The number of aliphatic imine (C=N–C) groups is 1. The van der Waals surface area contributed by atoms with Gasteiger partial charge in [0.1, 0.15) is 6.61 Å². The highest BCUT2D eigenvalue weighted by Crippen LogP contribution is 2.38. The average Bonchev–Trinajstić information content (AvgIpc) is 3.00. The highest BCUT2D eigenvalue weighted by molar-refractivity contribution is 9.10. The zero-order chi connectivity index (χ0) is 21.1. The van der Waals surface area contributed by atoms with Crippen LogP contribution in [0, 0.1) is 0 Å². The largest absolute Gasteiger partial charge is 0.493 e. The van der Waals surface area contributed by atoms with E-state index in [-0.39, 0.29) is 11.6 Å². The molecule has 29 heavy (non-hydrogen) atoms. The van der Waals surface area contributed by atoms with Crippen molar-refractivity contribution in [2.24, 2.45) is 4.99 Å². The Bertz CT molecular complexity index is 1060. The molecule has 1 heterocycles. The predicted molar refractivity (Wildman–Crippen MR) is 118 cm³/mol. The SMILES string of the molecule is C=C(C)COc1c(Br)cc(/C=C2\N=C(c3ccc(Cl)cc3Cl)OC2=O)cc1OC. The molecule has 1 aliphatic heterocycles. The fraction of sp³-hybridized carbons (Fsp3) is 0.143. The topological polar surface area (TPSA) is 57.1 Å². The number of ether oxygens (including phenoxy) is 3. The van der Waals surface area contributed by atoms with Gasteiger partial charge in [0.2, 0.25) is 5.90 Å². The van der Waals surface area contributed by atoms with Gasteiger partial charge in [-0.2, -0.15) is 0 Å². The van der Waals surface area contributed by atoms with Crippen LogP contribution < -0.4 is 9.47 Å². The van der Waals surface area contributed by atoms with Gasteiger partial charge < -0.3 is 14.2 Å². The third kappa shape index (κ3) is 5.01. The Morgan fingerprint density at radius 1 is 1.31 bits per heavy atom. The Labute approximate surface area is 186 Å². The van der Waals surface area contributed by atoms with E-state index in [0.29, 0.717) is 43.8 Å². The molecule has 0 amide bonds. The summed E-state index contributed by atoms with van der Waals surface area (Å²) in [5.74, 6) is 0.589. The number of carbonyl (C=O) groups is 1. The lowest BCUT2D eigenvalue weighted by Crippen LogP contribution is -2.06. The molecule has 0 aliphatic carbocycles. The van der Waals surface area contributed by atoms with E-state index in [0.717, 1.165) is 5.57 Å². The van der Waals surface area contributed by atoms with Crippen LogP contribution in [0.1, 0.15) is 18.1 Å². The summed E-state index contributed by atoms with van der Waals surface area (Å²) in [4.78, 5) is 16.5. The van der Waals surface area contributed by atoms with Crippen LogP contribution in [-0.2, 0) is 9.53 Å². The molecule has 0 spiro atoms. The molecule has 5 nitrogen and oxygen atoms in total. The van der Waals surface area contributed by atoms with Crippen molar-refractivity contribution < 1.29 is 19.0 Å². The number of hydrogen-bond acceptors (Lipinski definition) is 5. The van der Waals surface area contributed by atoms with Crippen molar-refractivity contribution in [1.82, 2.24) is 0 Å². The first kappa shape index (κ1) is 21.4. The van der Waals surface area contributed by atoms with Crippen LogP contribution in [0.5, 0.6) is 11.5 Å². The second kappa shape index (κ2) is 9.03. The van der Waals surface area contributed by atoms with E-state index in [1.165, 1.54) is 7.11 Å². The molecule has 0 atom stereocenters. The number of benzene rings is 2. The molecule has 1 aliphatic rings. The van der Waals surface area contributed by atoms with E-state index in [2.05, 4.69) is 27.5 Å². The zero-order valence-corrected chi connectivity index (χ0v) is 18.7. The van der Waals surface area contributed by atoms with Crippen LogP contribution in [-0.4, -0.2) is 25.6 Å². The molecule has 0 unspecified atom stereocenters. The standard InChI is InChI=1S/C21H16BrCl2NO4/c1-11(2)10-28-19-15(22)6-12(8-18(19)27-3)7-17-21(26)29-20(25-17)14-5-4-13(23)9-16(14)24/h4-9H,1,10H2,2-3H3/b17-7-. The number of methoxy groups -OCH3 is 1. The van der Waals surface area contributed by atoms with Crippen LogP contribution in [0.15, 0.2) is 57.6 Å². The molecule has 0 fully saturated rings. The molecule has 2 aromatic rings. The molecule has 2 aromatic carbocycles. The lowest BCUT2D eigenvalue weighted by Gasteiger charge is -2.13. The van der Waals surface area contributed by atoms with E-state index in [9.17, 15) is 4.79 Å². The average molecular weight is 497 g/mol. The molecule has 3 rings (SSSR count). The highest BCUT2D eigenvalue weighted by atomic mass is 79.9. The number of cyclic esters (lactones) is 1. The molecule has 0 radical (unpaired) electrons. The number of esters is 1. The summed E-state index contributed by atoms with van der Waals surface area (Å²) >= 11 is 15.6. The Morgan fingerprint density at radius 3 is 2.72 bits per heavy atom. The fourth-order valence-electron chi connectivity index (χ4n) is 2.50. The minimum Gasteiger partial charge on any atom is -0.493 e. The van der Waals surface area contributed by atoms with Gasteiger partial charge in [0, 0.05) is 5.02 Å². The molecule has 8 heteroatoms. The van der Waals surface area contributed by atoms with Crippen LogP contribution >= 0.6 is 39.1 Å². The van der Waals surface area contributed by atoms with Gasteiger partial charge in [0.25, 0.3) is 0 Å². The quantitative estimate of drug-likeness (QED) is 0.277. The van der Waals surface area contributed by atoms with Crippen LogP contribution in [0.25, 0.3) is 6.08 Å². The molecule has 150 valence electrons. The lowest BCUT2D eigenvalue weighted by atomic mass is 10.1. The van der Waals surface area contributed by atoms with Gasteiger partial charge >= 0.3 is 5.97 Å². The van der Waals surface area contributed by atoms with E-state index >= 15 is 0 Å². The van der Waals surface area contributed by atoms with Crippen LogP contribution in [0.3, 0.4) is 0 Å². The molecule has 0 saturated carbocycles. The van der Waals surface area contributed by atoms with Crippen molar-refractivity contribution in [1.29, 1.82) is 0 Å². The van der Waals surface area contributed by atoms with E-state index in [1.54, 1.807) is 36.4 Å². The van der Waals surface area contributed by atoms with Gasteiger partial charge in [-0.05, 0) is 70.4 Å². The first-order valence-electron chi connectivity index (χ1n) is 8.41. The first-order chi connectivity index (χ1) is 13.8. The van der Waals surface area contributed by atoms with E-state index in [1.807, 2.05) is 6.92 Å². The maximum Gasteiger partial charge on any atom is 0.363 e. The molecule has 0 N–H and O–H groups in total. The second-order valence-electron chi connectivity index (χ2n) is 6.24. The Kier molecular flexibility index (Phi) is 6.67. The minimum atomic E-state index is -0.580. The highest BCUT2D eigenvalue weighted by Gasteiger charge is 2.26. The monoisotopic (exact) mass is 495 g/mol. The van der Waals surface area contributed by atoms with Crippen molar-refractivity contribution in [2.75, 3.05) is 13.7 Å². The third-order valence-electron chi connectivity index (χ3n) is 3.80. The van der Waals surface area contributed by atoms with Crippen molar-refractivity contribution in [3.8, 4) is 11.5 Å². The Morgan fingerprint density at radius 2 is 2.07 bits per heavy atom. The van der Waals surface area contributed by atoms with Gasteiger partial charge in [-0.3, -0.25) is 0 Å².